The number of guanidine groups is 1. The van der Waals surface area contributed by atoms with Gasteiger partial charge in [-0.2, -0.15) is 0 Å². The first-order valence-corrected chi connectivity index (χ1v) is 10.3. The van der Waals surface area contributed by atoms with Gasteiger partial charge in [-0.1, -0.05) is 6.07 Å². The summed E-state index contributed by atoms with van der Waals surface area (Å²) in [5, 5.41) is 5.44. The molecule has 1 aromatic heterocycles. The van der Waals surface area contributed by atoms with Gasteiger partial charge in [0.2, 0.25) is 5.91 Å². The number of halogens is 1. The van der Waals surface area contributed by atoms with E-state index in [4.69, 9.17) is 0 Å². The summed E-state index contributed by atoms with van der Waals surface area (Å²) in [7, 11) is 2.06. The number of nitrogens with zero attached hydrogens (tertiary/aromatic N) is 3. The van der Waals surface area contributed by atoms with Gasteiger partial charge in [-0.05, 0) is 51.0 Å². The van der Waals surface area contributed by atoms with Gasteiger partial charge in [0, 0.05) is 44.0 Å². The summed E-state index contributed by atoms with van der Waals surface area (Å²) in [6.45, 7) is 7.44. The molecule has 1 amide bonds. The molecule has 1 saturated heterocycles. The fourth-order valence-corrected chi connectivity index (χ4v) is 3.88. The average Bonchev–Trinajstić information content (AvgIpc) is 3.12. The van der Waals surface area contributed by atoms with Gasteiger partial charge in [-0.25, -0.2) is 0 Å². The van der Waals surface area contributed by atoms with E-state index in [9.17, 15) is 4.79 Å². The molecule has 0 saturated carbocycles. The molecule has 5 nitrogen and oxygen atoms in total. The van der Waals surface area contributed by atoms with Crippen LogP contribution in [0.2, 0.25) is 0 Å². The van der Waals surface area contributed by atoms with Crippen molar-refractivity contribution in [2.75, 3.05) is 33.2 Å². The molecular weight excluding hydrogens is 459 g/mol. The third-order valence-corrected chi connectivity index (χ3v) is 5.62. The molecule has 2 rings (SSSR count). The number of likely N-dealkylation sites (N-methyl/N-ethyl adjacent to an activating group) is 1. The van der Waals surface area contributed by atoms with E-state index in [1.165, 1.54) is 11.3 Å². The van der Waals surface area contributed by atoms with E-state index in [0.717, 1.165) is 44.9 Å². The highest BCUT2D eigenvalue weighted by atomic mass is 127. The van der Waals surface area contributed by atoms with Gasteiger partial charge in [-0.15, -0.1) is 35.3 Å². The van der Waals surface area contributed by atoms with Crippen molar-refractivity contribution in [3.8, 4) is 0 Å². The minimum Gasteiger partial charge on any atom is -0.357 e. The predicted octanol–water partition coefficient (Wildman–Crippen LogP) is 3.60. The first kappa shape index (κ1) is 23.2. The Kier molecular flexibility index (Phi) is 11.2. The highest BCUT2D eigenvalue weighted by Gasteiger charge is 2.22. The summed E-state index contributed by atoms with van der Waals surface area (Å²) in [4.78, 5) is 22.7. The van der Waals surface area contributed by atoms with Gasteiger partial charge in [0.15, 0.2) is 5.96 Å². The molecule has 7 heteroatoms. The number of carbonyl (C=O) groups excluding carboxylic acids is 1. The SMILES string of the molecule is CCNC(=NCCC(=O)N1CCCCC1C)N(C)CCc1cccs1.I. The van der Waals surface area contributed by atoms with Crippen LogP contribution in [0.1, 0.15) is 44.4 Å². The van der Waals surface area contributed by atoms with Crippen molar-refractivity contribution >= 4 is 47.2 Å². The molecule has 0 radical (unpaired) electrons. The number of aliphatic imine (C=N–C) groups is 1. The van der Waals surface area contributed by atoms with Crippen LogP contribution in [0.25, 0.3) is 0 Å². The Morgan fingerprint density at radius 3 is 2.92 bits per heavy atom. The Morgan fingerprint density at radius 2 is 2.27 bits per heavy atom. The highest BCUT2D eigenvalue weighted by Crippen LogP contribution is 2.17. The minimum atomic E-state index is 0. The van der Waals surface area contributed by atoms with Gasteiger partial charge in [-0.3, -0.25) is 9.79 Å². The van der Waals surface area contributed by atoms with E-state index in [1.54, 1.807) is 11.3 Å². The maximum atomic E-state index is 12.4. The average molecular weight is 492 g/mol. The molecular formula is C19H33IN4OS. The molecule has 1 aliphatic heterocycles. The van der Waals surface area contributed by atoms with Crippen LogP contribution in [-0.2, 0) is 11.2 Å². The molecule has 26 heavy (non-hydrogen) atoms. The maximum Gasteiger partial charge on any atom is 0.224 e. The van der Waals surface area contributed by atoms with Gasteiger partial charge in [0.05, 0.1) is 6.54 Å². The van der Waals surface area contributed by atoms with Crippen molar-refractivity contribution in [3.05, 3.63) is 22.4 Å². The number of nitrogens with one attached hydrogen (secondary N) is 1. The van der Waals surface area contributed by atoms with Crippen molar-refractivity contribution in [3.63, 3.8) is 0 Å². The topological polar surface area (TPSA) is 47.9 Å². The molecule has 0 aliphatic carbocycles. The van der Waals surface area contributed by atoms with Crippen LogP contribution >= 0.6 is 35.3 Å². The minimum absolute atomic E-state index is 0. The summed E-state index contributed by atoms with van der Waals surface area (Å²) in [6, 6.07) is 4.64. The smallest absolute Gasteiger partial charge is 0.224 e. The normalized spacial score (nSPS) is 17.6. The van der Waals surface area contributed by atoms with E-state index in [1.807, 2.05) is 4.90 Å². The third-order valence-electron chi connectivity index (χ3n) is 4.68. The zero-order chi connectivity index (χ0) is 18.1. The Morgan fingerprint density at radius 1 is 1.46 bits per heavy atom. The number of piperidine rings is 1. The second kappa shape index (κ2) is 12.5. The second-order valence-electron chi connectivity index (χ2n) is 6.67. The Labute approximate surface area is 179 Å². The molecule has 1 aliphatic rings. The van der Waals surface area contributed by atoms with Crippen molar-refractivity contribution in [2.45, 2.75) is 52.0 Å². The number of amides is 1. The fraction of sp³-hybridized carbons (Fsp3) is 0.684. The van der Waals surface area contributed by atoms with Crippen LogP contribution in [0, 0.1) is 0 Å². The Hall–Kier alpha value is -0.830. The molecule has 1 unspecified atom stereocenters. The van der Waals surface area contributed by atoms with E-state index < -0.39 is 0 Å². The first-order chi connectivity index (χ1) is 12.1. The van der Waals surface area contributed by atoms with Gasteiger partial charge in [0.1, 0.15) is 0 Å². The predicted molar refractivity (Wildman–Crippen MR) is 122 cm³/mol. The van der Waals surface area contributed by atoms with E-state index >= 15 is 0 Å². The van der Waals surface area contributed by atoms with Gasteiger partial charge >= 0.3 is 0 Å². The number of hydrogen-bond donors (Lipinski definition) is 1. The van der Waals surface area contributed by atoms with E-state index in [2.05, 4.69) is 53.6 Å². The number of rotatable bonds is 7. The van der Waals surface area contributed by atoms with Crippen LogP contribution in [0.5, 0.6) is 0 Å². The molecule has 1 aromatic rings. The molecule has 2 heterocycles. The fourth-order valence-electron chi connectivity index (χ4n) is 3.18. The molecule has 148 valence electrons. The summed E-state index contributed by atoms with van der Waals surface area (Å²) >= 11 is 1.79. The van der Waals surface area contributed by atoms with Gasteiger partial charge < -0.3 is 15.1 Å². The first-order valence-electron chi connectivity index (χ1n) is 9.43. The molecule has 1 fully saturated rings. The number of thiophene rings is 1. The van der Waals surface area contributed by atoms with Crippen molar-refractivity contribution in [2.24, 2.45) is 4.99 Å². The van der Waals surface area contributed by atoms with Crippen LogP contribution in [0.4, 0.5) is 0 Å². The largest absolute Gasteiger partial charge is 0.357 e. The number of hydrogen-bond acceptors (Lipinski definition) is 3. The lowest BCUT2D eigenvalue weighted by Gasteiger charge is -2.33. The van der Waals surface area contributed by atoms with Crippen LogP contribution < -0.4 is 5.32 Å². The summed E-state index contributed by atoms with van der Waals surface area (Å²) in [5.41, 5.74) is 0. The zero-order valence-corrected chi connectivity index (χ0v) is 19.4. The maximum absolute atomic E-state index is 12.4. The Bertz CT molecular complexity index is 550. The lowest BCUT2D eigenvalue weighted by molar-refractivity contribution is -0.134. The van der Waals surface area contributed by atoms with Crippen LogP contribution in [0.15, 0.2) is 22.5 Å². The summed E-state index contributed by atoms with van der Waals surface area (Å²) in [5.74, 6) is 1.13. The molecule has 1 N–H and O–H groups in total. The monoisotopic (exact) mass is 492 g/mol. The van der Waals surface area contributed by atoms with E-state index in [-0.39, 0.29) is 29.9 Å². The van der Waals surface area contributed by atoms with E-state index in [0.29, 0.717) is 19.0 Å². The Balaban J connectivity index is 0.00000338. The quantitative estimate of drug-likeness (QED) is 0.360. The summed E-state index contributed by atoms with van der Waals surface area (Å²) in [6.07, 6.45) is 5.01. The second-order valence-corrected chi connectivity index (χ2v) is 7.70. The van der Waals surface area contributed by atoms with Crippen LogP contribution in [-0.4, -0.2) is 60.9 Å². The lowest BCUT2D eigenvalue weighted by atomic mass is 10.0. The third kappa shape index (κ3) is 7.42. The lowest BCUT2D eigenvalue weighted by Crippen LogP contribution is -2.42. The molecule has 0 spiro atoms. The number of likely N-dealkylation sites (tertiary alicyclic amines) is 1. The standard InChI is InChI=1S/C19H32N4OS.HI/c1-4-20-19(22(3)14-11-17-9-7-15-25-17)21-12-10-18(24)23-13-6-5-8-16(23)2;/h7,9,15-16H,4-6,8,10-14H2,1-3H3,(H,20,21);1H. The van der Waals surface area contributed by atoms with Crippen LogP contribution in [0.3, 0.4) is 0 Å². The summed E-state index contributed by atoms with van der Waals surface area (Å²) < 4.78 is 0. The highest BCUT2D eigenvalue weighted by molar-refractivity contribution is 14.0. The zero-order valence-electron chi connectivity index (χ0n) is 16.2. The molecule has 1 atom stereocenters. The van der Waals surface area contributed by atoms with Crippen molar-refractivity contribution in [1.29, 1.82) is 0 Å². The molecule has 0 aromatic carbocycles. The van der Waals surface area contributed by atoms with Crippen molar-refractivity contribution < 1.29 is 4.79 Å². The molecule has 0 bridgehead atoms. The van der Waals surface area contributed by atoms with Gasteiger partial charge in [0.25, 0.3) is 0 Å². The van der Waals surface area contributed by atoms with Crippen molar-refractivity contribution in [1.82, 2.24) is 15.1 Å². The number of carbonyl (C=O) groups is 1.